The van der Waals surface area contributed by atoms with E-state index in [0.29, 0.717) is 6.42 Å². The van der Waals surface area contributed by atoms with Gasteiger partial charge in [0.1, 0.15) is 18.1 Å². The third kappa shape index (κ3) is 11.2. The fourth-order valence-electron chi connectivity index (χ4n) is 2.73. The fourth-order valence-corrected chi connectivity index (χ4v) is 2.73. The number of nitrogens with two attached hydrogens (primary N) is 3. The summed E-state index contributed by atoms with van der Waals surface area (Å²) in [7, 11) is 0. The summed E-state index contributed by atoms with van der Waals surface area (Å²) in [5.74, 6) is -8.04. The summed E-state index contributed by atoms with van der Waals surface area (Å²) >= 11 is 0. The van der Waals surface area contributed by atoms with Gasteiger partial charge in [0.15, 0.2) is 0 Å². The summed E-state index contributed by atoms with van der Waals surface area (Å²) < 4.78 is 0. The van der Waals surface area contributed by atoms with Crippen LogP contribution in [-0.2, 0) is 33.6 Å². The first-order valence-corrected chi connectivity index (χ1v) is 10.4. The lowest BCUT2D eigenvalue weighted by Crippen LogP contribution is -2.58. The van der Waals surface area contributed by atoms with Gasteiger partial charge in [0.05, 0.1) is 18.9 Å². The molecule has 5 amide bonds. The lowest BCUT2D eigenvalue weighted by molar-refractivity contribution is -0.144. The Bertz CT molecular complexity index is 803. The smallest absolute Gasteiger partial charge is 0.326 e. The number of nitrogens with one attached hydrogen (secondary N) is 3. The molecule has 0 aromatic rings. The Labute approximate surface area is 195 Å². The molecule has 0 bridgehead atoms. The molecule has 0 saturated carbocycles. The van der Waals surface area contributed by atoms with Gasteiger partial charge < -0.3 is 43.4 Å². The number of carboxylic acids is 2. The Balaban J connectivity index is 5.65. The van der Waals surface area contributed by atoms with Gasteiger partial charge in [0.2, 0.25) is 29.5 Å². The molecule has 0 saturated heterocycles. The predicted octanol–water partition coefficient (Wildman–Crippen LogP) is -3.49. The summed E-state index contributed by atoms with van der Waals surface area (Å²) in [5, 5.41) is 24.7. The van der Waals surface area contributed by atoms with Crippen molar-refractivity contribution in [1.82, 2.24) is 16.0 Å². The molecule has 0 radical (unpaired) electrons. The lowest BCUT2D eigenvalue weighted by Gasteiger charge is -2.26. The minimum Gasteiger partial charge on any atom is -0.481 e. The van der Waals surface area contributed by atoms with E-state index in [1.54, 1.807) is 13.8 Å². The minimum atomic E-state index is -1.63. The van der Waals surface area contributed by atoms with Gasteiger partial charge in [-0.1, -0.05) is 20.3 Å². The van der Waals surface area contributed by atoms with Gasteiger partial charge in [-0.25, -0.2) is 4.79 Å². The molecule has 0 aliphatic heterocycles. The van der Waals surface area contributed by atoms with E-state index in [-0.39, 0.29) is 12.8 Å². The van der Waals surface area contributed by atoms with Gasteiger partial charge in [0, 0.05) is 6.42 Å². The van der Waals surface area contributed by atoms with Crippen LogP contribution in [0, 0.1) is 5.92 Å². The van der Waals surface area contributed by atoms with Gasteiger partial charge in [-0.2, -0.15) is 0 Å². The maximum absolute atomic E-state index is 12.7. The van der Waals surface area contributed by atoms with Crippen LogP contribution in [-0.4, -0.2) is 75.9 Å². The molecule has 5 unspecified atom stereocenters. The lowest BCUT2D eigenvalue weighted by atomic mass is 9.98. The number of hydrogen-bond acceptors (Lipinski definition) is 8. The maximum atomic E-state index is 12.7. The van der Waals surface area contributed by atoms with E-state index in [1.165, 1.54) is 0 Å². The summed E-state index contributed by atoms with van der Waals surface area (Å²) in [4.78, 5) is 82.3. The second kappa shape index (κ2) is 14.4. The maximum Gasteiger partial charge on any atom is 0.326 e. The third-order valence-electron chi connectivity index (χ3n) is 4.86. The molecule has 0 aliphatic carbocycles. The molecule has 0 aromatic heterocycles. The van der Waals surface area contributed by atoms with E-state index in [1.807, 2.05) is 0 Å². The Morgan fingerprint density at radius 2 is 1.32 bits per heavy atom. The van der Waals surface area contributed by atoms with Crippen molar-refractivity contribution in [3.05, 3.63) is 0 Å². The molecular formula is C19H32N6O9. The number of carboxylic acid groups (broad SMARTS) is 2. The van der Waals surface area contributed by atoms with Crippen molar-refractivity contribution >= 4 is 41.5 Å². The highest BCUT2D eigenvalue weighted by Gasteiger charge is 2.32. The van der Waals surface area contributed by atoms with Crippen molar-refractivity contribution in [2.24, 2.45) is 23.1 Å². The summed E-state index contributed by atoms with van der Waals surface area (Å²) in [6.07, 6.45) is -1.72. The molecule has 0 spiro atoms. The minimum absolute atomic E-state index is 0.310. The van der Waals surface area contributed by atoms with Gasteiger partial charge in [-0.05, 0) is 12.3 Å². The number of carbonyl (C=O) groups is 7. The molecular weight excluding hydrogens is 456 g/mol. The summed E-state index contributed by atoms with van der Waals surface area (Å²) in [6, 6.07) is -5.91. The van der Waals surface area contributed by atoms with Gasteiger partial charge in [-0.3, -0.25) is 28.8 Å². The molecule has 0 aromatic carbocycles. The molecule has 5 atom stereocenters. The van der Waals surface area contributed by atoms with Crippen LogP contribution in [0.5, 0.6) is 0 Å². The Hall–Kier alpha value is -3.75. The first-order chi connectivity index (χ1) is 15.7. The van der Waals surface area contributed by atoms with Crippen molar-refractivity contribution in [1.29, 1.82) is 0 Å². The first kappa shape index (κ1) is 30.2. The van der Waals surface area contributed by atoms with Crippen LogP contribution >= 0.6 is 0 Å². The molecule has 15 heteroatoms. The highest BCUT2D eigenvalue weighted by atomic mass is 16.4. The number of aliphatic carboxylic acids is 2. The number of rotatable bonds is 16. The largest absolute Gasteiger partial charge is 0.481 e. The van der Waals surface area contributed by atoms with E-state index in [0.717, 1.165) is 0 Å². The van der Waals surface area contributed by atoms with Crippen LogP contribution in [0.1, 0.15) is 46.0 Å². The predicted molar refractivity (Wildman–Crippen MR) is 115 cm³/mol. The average Bonchev–Trinajstić information content (AvgIpc) is 2.72. The molecule has 15 nitrogen and oxygen atoms in total. The van der Waals surface area contributed by atoms with Crippen molar-refractivity contribution in [2.45, 2.75) is 70.1 Å². The molecule has 0 rings (SSSR count). The Morgan fingerprint density at radius 3 is 1.76 bits per heavy atom. The van der Waals surface area contributed by atoms with Crippen molar-refractivity contribution in [3.8, 4) is 0 Å². The van der Waals surface area contributed by atoms with Crippen LogP contribution < -0.4 is 33.2 Å². The zero-order valence-corrected chi connectivity index (χ0v) is 18.9. The molecule has 192 valence electrons. The third-order valence-corrected chi connectivity index (χ3v) is 4.86. The summed E-state index contributed by atoms with van der Waals surface area (Å²) in [6.45, 7) is 3.31. The van der Waals surface area contributed by atoms with Crippen LogP contribution in [0.25, 0.3) is 0 Å². The van der Waals surface area contributed by atoms with Crippen LogP contribution in [0.15, 0.2) is 0 Å². The zero-order chi connectivity index (χ0) is 26.6. The van der Waals surface area contributed by atoms with E-state index in [4.69, 9.17) is 22.3 Å². The number of hydrogen-bond donors (Lipinski definition) is 8. The van der Waals surface area contributed by atoms with E-state index in [9.17, 15) is 38.7 Å². The summed E-state index contributed by atoms with van der Waals surface area (Å²) in [5.41, 5.74) is 15.6. The van der Waals surface area contributed by atoms with E-state index < -0.39 is 84.4 Å². The molecule has 34 heavy (non-hydrogen) atoms. The Kier molecular flexibility index (Phi) is 12.8. The molecule has 0 aliphatic rings. The van der Waals surface area contributed by atoms with Gasteiger partial charge >= 0.3 is 11.9 Å². The standard InChI is InChI=1S/C19H32N6O9/c1-3-8(2)15(19(33)34)25-17(31)10(4-5-12(21)26)23-18(32)11(7-13(22)27)24-16(30)9(20)6-14(28)29/h8-11,15H,3-7,20H2,1-2H3,(H2,21,26)(H2,22,27)(H,23,32)(H,24,30)(H,25,31)(H,28,29)(H,33,34). The molecule has 0 fully saturated rings. The normalized spacial score (nSPS) is 15.0. The SMILES string of the molecule is CCC(C)C(NC(=O)C(CCC(N)=O)NC(=O)C(CC(N)=O)NC(=O)C(N)CC(=O)O)C(=O)O. The molecule has 0 heterocycles. The van der Waals surface area contributed by atoms with E-state index >= 15 is 0 Å². The second-order valence-electron chi connectivity index (χ2n) is 7.71. The quantitative estimate of drug-likeness (QED) is 0.106. The van der Waals surface area contributed by atoms with Crippen molar-refractivity contribution < 1.29 is 43.8 Å². The highest BCUT2D eigenvalue weighted by molar-refractivity contribution is 5.96. The zero-order valence-electron chi connectivity index (χ0n) is 18.9. The number of amides is 5. The van der Waals surface area contributed by atoms with Gasteiger partial charge in [0.25, 0.3) is 0 Å². The average molecular weight is 488 g/mol. The second-order valence-corrected chi connectivity index (χ2v) is 7.71. The number of carbonyl (C=O) groups excluding carboxylic acids is 5. The van der Waals surface area contributed by atoms with E-state index in [2.05, 4.69) is 16.0 Å². The highest BCUT2D eigenvalue weighted by Crippen LogP contribution is 2.09. The van der Waals surface area contributed by atoms with Gasteiger partial charge in [-0.15, -0.1) is 0 Å². The van der Waals surface area contributed by atoms with Crippen LogP contribution in [0.2, 0.25) is 0 Å². The molecule has 11 N–H and O–H groups in total. The van der Waals surface area contributed by atoms with Crippen molar-refractivity contribution in [3.63, 3.8) is 0 Å². The first-order valence-electron chi connectivity index (χ1n) is 10.4. The van der Waals surface area contributed by atoms with Crippen molar-refractivity contribution in [2.75, 3.05) is 0 Å². The fraction of sp³-hybridized carbons (Fsp3) is 0.632. The topological polar surface area (TPSA) is 274 Å². The monoisotopic (exact) mass is 488 g/mol. The van der Waals surface area contributed by atoms with Crippen LogP contribution in [0.4, 0.5) is 0 Å². The number of primary amides is 2. The Morgan fingerprint density at radius 1 is 0.794 bits per heavy atom. The van der Waals surface area contributed by atoms with Crippen LogP contribution in [0.3, 0.4) is 0 Å².